The number of aliphatic imine (C=N–C) groups is 1. The highest BCUT2D eigenvalue weighted by molar-refractivity contribution is 6.09. The summed E-state index contributed by atoms with van der Waals surface area (Å²) in [6.07, 6.45) is 3.06. The summed E-state index contributed by atoms with van der Waals surface area (Å²) in [5.74, 6) is 6.13. The summed E-state index contributed by atoms with van der Waals surface area (Å²) in [4.78, 5) is 19.2. The summed E-state index contributed by atoms with van der Waals surface area (Å²) in [5, 5.41) is 41.8. The standard InChI is InChI=1S/C35H42N4O6/c1-2-4-25(40)16-27(42)17-26(41)10-7-21-8-12-32(44)33(13-21)45-34-6-3-5-31(43)28-11-9-22(35(36)37)14-23(28)15-24-18-38-30-20-39(34)19-29(24)30/h8-9,11-14,18-19,25,27,31,34-35,40,42-44H,2,4,6-7,10,15-17,20,36-37H2,1H3. The Morgan fingerprint density at radius 1 is 1.18 bits per heavy atom. The number of aliphatic hydroxyl groups is 3. The first kappa shape index (κ1) is 32.4. The number of rotatable bonds is 12. The normalized spacial score (nSPS) is 20.2. The lowest BCUT2D eigenvalue weighted by molar-refractivity contribution is -0.121. The van der Waals surface area contributed by atoms with Gasteiger partial charge < -0.3 is 41.5 Å². The van der Waals surface area contributed by atoms with Gasteiger partial charge in [0.2, 0.25) is 0 Å². The number of ether oxygens (including phenoxy) is 1. The van der Waals surface area contributed by atoms with Crippen molar-refractivity contribution in [3.8, 4) is 23.3 Å². The van der Waals surface area contributed by atoms with Gasteiger partial charge >= 0.3 is 0 Å². The molecule has 0 radical (unpaired) electrons. The van der Waals surface area contributed by atoms with Crippen LogP contribution in [0.4, 0.5) is 0 Å². The zero-order valence-electron chi connectivity index (χ0n) is 25.5. The topological polar surface area (TPSA) is 175 Å². The van der Waals surface area contributed by atoms with Crippen LogP contribution in [0, 0.1) is 11.8 Å². The third kappa shape index (κ3) is 8.00. The van der Waals surface area contributed by atoms with Gasteiger partial charge in [-0.25, -0.2) is 0 Å². The van der Waals surface area contributed by atoms with Crippen molar-refractivity contribution in [2.75, 3.05) is 6.54 Å². The average molecular weight is 615 g/mol. The van der Waals surface area contributed by atoms with Crippen LogP contribution >= 0.6 is 0 Å². The van der Waals surface area contributed by atoms with E-state index in [1.807, 2.05) is 36.4 Å². The van der Waals surface area contributed by atoms with Gasteiger partial charge in [-0.15, -0.1) is 0 Å². The maximum Gasteiger partial charge on any atom is 0.183 e. The number of aliphatic hydroxyl groups excluding tert-OH is 3. The number of aromatic hydroxyl groups is 1. The van der Waals surface area contributed by atoms with E-state index in [9.17, 15) is 25.2 Å². The summed E-state index contributed by atoms with van der Waals surface area (Å²) in [5.41, 5.74) is 17.9. The third-order valence-corrected chi connectivity index (χ3v) is 8.38. The zero-order chi connectivity index (χ0) is 32.1. The van der Waals surface area contributed by atoms with E-state index in [0.29, 0.717) is 31.4 Å². The molecular formula is C35H42N4O6. The van der Waals surface area contributed by atoms with Crippen molar-refractivity contribution in [2.45, 2.75) is 89.0 Å². The van der Waals surface area contributed by atoms with Crippen LogP contribution in [-0.4, -0.2) is 61.8 Å². The molecule has 4 unspecified atom stereocenters. The molecule has 3 aliphatic rings. The van der Waals surface area contributed by atoms with Crippen LogP contribution in [0.25, 0.3) is 0 Å². The van der Waals surface area contributed by atoms with Gasteiger partial charge in [0.05, 0.1) is 37.1 Å². The van der Waals surface area contributed by atoms with Crippen LogP contribution in [0.1, 0.15) is 80.0 Å². The number of hydrogen-bond donors (Lipinski definition) is 6. The Kier molecular flexibility index (Phi) is 10.4. The van der Waals surface area contributed by atoms with Gasteiger partial charge in [-0.2, -0.15) is 0 Å². The number of nitrogens with zero attached hydrogens (tertiary/aromatic N) is 2. The maximum atomic E-state index is 12.5. The first-order chi connectivity index (χ1) is 21.6. The molecule has 45 heavy (non-hydrogen) atoms. The van der Waals surface area contributed by atoms with Gasteiger partial charge in [-0.3, -0.25) is 9.79 Å². The van der Waals surface area contributed by atoms with Crippen molar-refractivity contribution < 1.29 is 30.0 Å². The van der Waals surface area contributed by atoms with Gasteiger partial charge in [0.25, 0.3) is 0 Å². The van der Waals surface area contributed by atoms with E-state index < -0.39 is 30.7 Å². The van der Waals surface area contributed by atoms with Crippen LogP contribution in [0.3, 0.4) is 0 Å². The second-order valence-corrected chi connectivity index (χ2v) is 12.0. The molecule has 2 aromatic rings. The number of nitrogens with two attached hydrogens (primary N) is 2. The number of phenols is 1. The number of phenolic OH excluding ortho intramolecular Hbond substituents is 1. The van der Waals surface area contributed by atoms with Gasteiger partial charge in [0.1, 0.15) is 11.9 Å². The number of aryl methyl sites for hydroxylation is 1. The summed E-state index contributed by atoms with van der Waals surface area (Å²) < 4.78 is 6.35. The average Bonchev–Trinajstić information content (AvgIpc) is 3.58. The Hall–Kier alpha value is -3.98. The number of carbonyl (C=O) groups is 1. The molecule has 3 heterocycles. The molecule has 0 aliphatic carbocycles. The molecule has 3 aliphatic heterocycles. The lowest BCUT2D eigenvalue weighted by Gasteiger charge is -2.27. The lowest BCUT2D eigenvalue weighted by Crippen LogP contribution is -2.35. The van der Waals surface area contributed by atoms with Crippen molar-refractivity contribution in [1.82, 2.24) is 4.90 Å². The van der Waals surface area contributed by atoms with Crippen molar-refractivity contribution in [3.63, 3.8) is 0 Å². The molecule has 10 nitrogen and oxygen atoms in total. The Morgan fingerprint density at radius 3 is 2.78 bits per heavy atom. The molecule has 0 saturated heterocycles. The predicted molar refractivity (Wildman–Crippen MR) is 171 cm³/mol. The highest BCUT2D eigenvalue weighted by Crippen LogP contribution is 2.35. The van der Waals surface area contributed by atoms with Crippen LogP contribution in [-0.2, 0) is 17.6 Å². The van der Waals surface area contributed by atoms with E-state index in [-0.39, 0.29) is 43.0 Å². The minimum absolute atomic E-state index is 0.00897. The molecule has 10 heteroatoms. The van der Waals surface area contributed by atoms with E-state index >= 15 is 0 Å². The molecule has 0 amide bonds. The van der Waals surface area contributed by atoms with Gasteiger partial charge in [-0.1, -0.05) is 49.5 Å². The molecule has 4 atom stereocenters. The van der Waals surface area contributed by atoms with E-state index in [2.05, 4.69) is 16.8 Å². The Bertz CT molecular complexity index is 1570. The lowest BCUT2D eigenvalue weighted by atomic mass is 9.91. The van der Waals surface area contributed by atoms with Crippen LogP contribution < -0.4 is 16.2 Å². The van der Waals surface area contributed by atoms with Crippen LogP contribution in [0.2, 0.25) is 0 Å². The minimum atomic E-state index is -1.03. The van der Waals surface area contributed by atoms with Gasteiger partial charge in [-0.05, 0) is 59.2 Å². The Morgan fingerprint density at radius 2 is 2.00 bits per heavy atom. The minimum Gasteiger partial charge on any atom is -0.504 e. The van der Waals surface area contributed by atoms with Crippen molar-refractivity contribution >= 4 is 11.5 Å². The SMILES string of the molecule is CCCC(O)CC(O)CC(=O)CCc1ccc(O)c(OC2CC#CC(O)c3ccc(C(N)N)cc3CC3=CN=C4CN2C=C34)c1. The fourth-order valence-corrected chi connectivity index (χ4v) is 5.93. The molecule has 0 saturated carbocycles. The van der Waals surface area contributed by atoms with E-state index in [1.54, 1.807) is 18.2 Å². The molecular weight excluding hydrogens is 572 g/mol. The second kappa shape index (κ2) is 14.4. The molecule has 238 valence electrons. The maximum absolute atomic E-state index is 12.5. The largest absolute Gasteiger partial charge is 0.504 e. The molecule has 2 aromatic carbocycles. The highest BCUT2D eigenvalue weighted by atomic mass is 16.5. The summed E-state index contributed by atoms with van der Waals surface area (Å²) in [6, 6.07) is 10.5. The molecule has 2 bridgehead atoms. The predicted octanol–water partition coefficient (Wildman–Crippen LogP) is 3.04. The summed E-state index contributed by atoms with van der Waals surface area (Å²) in [6.45, 7) is 2.45. The molecule has 0 fully saturated rings. The second-order valence-electron chi connectivity index (χ2n) is 12.0. The number of ketones is 1. The number of hydrogen-bond acceptors (Lipinski definition) is 10. The quantitative estimate of drug-likeness (QED) is 0.155. The number of allylic oxidation sites excluding steroid dienone is 1. The molecule has 5 rings (SSSR count). The fraction of sp³-hybridized carbons (Fsp3) is 0.429. The fourth-order valence-electron chi connectivity index (χ4n) is 5.93. The number of Topliss-reactive ketones (excluding diaryl/α,β-unsaturated/α-hetero) is 1. The van der Waals surface area contributed by atoms with E-state index in [4.69, 9.17) is 16.2 Å². The molecule has 0 aromatic heterocycles. The van der Waals surface area contributed by atoms with Crippen LogP contribution in [0.5, 0.6) is 11.5 Å². The van der Waals surface area contributed by atoms with Crippen molar-refractivity contribution in [1.29, 1.82) is 0 Å². The third-order valence-electron chi connectivity index (χ3n) is 8.38. The van der Waals surface area contributed by atoms with Gasteiger partial charge in [0.15, 0.2) is 17.7 Å². The molecule has 8 N–H and O–H groups in total. The summed E-state index contributed by atoms with van der Waals surface area (Å²) in [7, 11) is 0. The Balaban J connectivity index is 1.31. The number of fused-ring (bicyclic) bond motifs is 2. The smallest absolute Gasteiger partial charge is 0.183 e. The van der Waals surface area contributed by atoms with E-state index in [0.717, 1.165) is 40.0 Å². The van der Waals surface area contributed by atoms with Crippen LogP contribution in [0.15, 0.2) is 64.9 Å². The Labute approximate surface area is 263 Å². The zero-order valence-corrected chi connectivity index (χ0v) is 25.5. The summed E-state index contributed by atoms with van der Waals surface area (Å²) >= 11 is 0. The van der Waals surface area contributed by atoms with Crippen molar-refractivity contribution in [3.05, 3.63) is 82.2 Å². The van der Waals surface area contributed by atoms with E-state index in [1.165, 1.54) is 6.07 Å². The van der Waals surface area contributed by atoms with Crippen molar-refractivity contribution in [2.24, 2.45) is 16.5 Å². The number of carbonyl (C=O) groups excluding carboxylic acids is 1. The highest BCUT2D eigenvalue weighted by Gasteiger charge is 2.32. The first-order valence-electron chi connectivity index (χ1n) is 15.5. The van der Waals surface area contributed by atoms with Gasteiger partial charge in [0, 0.05) is 37.2 Å². The number of benzene rings is 2. The molecule has 0 spiro atoms. The first-order valence-corrected chi connectivity index (χ1v) is 15.5. The monoisotopic (exact) mass is 614 g/mol.